The van der Waals surface area contributed by atoms with E-state index in [1.165, 1.54) is 16.8 Å². The number of aryl methyl sites for hydroxylation is 1. The highest BCUT2D eigenvalue weighted by Gasteiger charge is 2.13. The van der Waals surface area contributed by atoms with Gasteiger partial charge in [0.05, 0.1) is 11.9 Å². The Bertz CT molecular complexity index is 515. The summed E-state index contributed by atoms with van der Waals surface area (Å²) >= 11 is 0. The molecule has 2 N–H and O–H groups in total. The molecule has 4 heteroatoms. The van der Waals surface area contributed by atoms with Gasteiger partial charge in [-0.1, -0.05) is 12.1 Å². The average molecular weight is 214 g/mol. The molecule has 2 heterocycles. The first kappa shape index (κ1) is 9.42. The van der Waals surface area contributed by atoms with Crippen molar-refractivity contribution in [2.75, 3.05) is 5.32 Å². The third kappa shape index (κ3) is 1.57. The summed E-state index contributed by atoms with van der Waals surface area (Å²) < 4.78 is 1.80. The fraction of sp³-hybridized carbons (Fsp3) is 0.250. The van der Waals surface area contributed by atoms with Gasteiger partial charge in [0.25, 0.3) is 0 Å². The molecule has 0 saturated heterocycles. The number of anilines is 2. The van der Waals surface area contributed by atoms with E-state index < -0.39 is 0 Å². The van der Waals surface area contributed by atoms with Crippen molar-refractivity contribution in [3.8, 4) is 0 Å². The van der Waals surface area contributed by atoms with Crippen LogP contribution in [0.2, 0.25) is 0 Å². The van der Waals surface area contributed by atoms with Crippen LogP contribution in [0.25, 0.3) is 0 Å². The highest BCUT2D eigenvalue weighted by Crippen LogP contribution is 2.26. The number of hydrogen-bond donors (Lipinski definition) is 2. The molecule has 16 heavy (non-hydrogen) atoms. The molecule has 1 aliphatic rings. The predicted molar refractivity (Wildman–Crippen MR) is 63.5 cm³/mol. The van der Waals surface area contributed by atoms with Crippen LogP contribution in [0.4, 0.5) is 11.4 Å². The van der Waals surface area contributed by atoms with E-state index in [2.05, 4.69) is 33.9 Å². The zero-order valence-corrected chi connectivity index (χ0v) is 9.20. The third-order valence-corrected chi connectivity index (χ3v) is 2.87. The van der Waals surface area contributed by atoms with Crippen LogP contribution in [0.3, 0.4) is 0 Å². The van der Waals surface area contributed by atoms with Crippen LogP contribution in [0.5, 0.6) is 0 Å². The van der Waals surface area contributed by atoms with Crippen molar-refractivity contribution in [2.24, 2.45) is 7.05 Å². The van der Waals surface area contributed by atoms with Gasteiger partial charge in [-0.3, -0.25) is 4.68 Å². The molecule has 1 aromatic carbocycles. The van der Waals surface area contributed by atoms with Crippen LogP contribution >= 0.6 is 0 Å². The van der Waals surface area contributed by atoms with Crippen molar-refractivity contribution in [3.63, 3.8) is 0 Å². The zero-order valence-electron chi connectivity index (χ0n) is 9.20. The molecule has 1 aromatic heterocycles. The van der Waals surface area contributed by atoms with Crippen LogP contribution in [0, 0.1) is 0 Å². The highest BCUT2D eigenvalue weighted by molar-refractivity contribution is 5.64. The maximum Gasteiger partial charge on any atom is 0.0770 e. The van der Waals surface area contributed by atoms with Crippen LogP contribution in [0.15, 0.2) is 30.6 Å². The van der Waals surface area contributed by atoms with Gasteiger partial charge < -0.3 is 10.6 Å². The second-order valence-electron chi connectivity index (χ2n) is 4.07. The lowest BCUT2D eigenvalue weighted by Crippen LogP contribution is -2.01. The number of nitrogens with one attached hydrogen (secondary N) is 2. The van der Waals surface area contributed by atoms with Crippen molar-refractivity contribution >= 4 is 11.4 Å². The van der Waals surface area contributed by atoms with Gasteiger partial charge in [0.1, 0.15) is 0 Å². The lowest BCUT2D eigenvalue weighted by atomic mass is 10.1. The van der Waals surface area contributed by atoms with E-state index in [-0.39, 0.29) is 0 Å². The summed E-state index contributed by atoms with van der Waals surface area (Å²) in [6.45, 7) is 1.91. The van der Waals surface area contributed by atoms with Crippen LogP contribution in [0.1, 0.15) is 11.1 Å². The molecule has 0 aliphatic carbocycles. The molecule has 0 bridgehead atoms. The summed E-state index contributed by atoms with van der Waals surface area (Å²) in [5.74, 6) is 0. The summed E-state index contributed by atoms with van der Waals surface area (Å²) in [5.41, 5.74) is 4.96. The maximum absolute atomic E-state index is 4.14. The molecular formula is C12H14N4. The largest absolute Gasteiger partial charge is 0.353 e. The summed E-state index contributed by atoms with van der Waals surface area (Å²) in [5, 5.41) is 10.9. The number of hydrogen-bond acceptors (Lipinski definition) is 3. The van der Waals surface area contributed by atoms with Crippen molar-refractivity contribution in [1.29, 1.82) is 0 Å². The standard InChI is InChI=1S/C12H14N4/c1-16-8-10(6-14-16)15-12-4-2-3-9-5-13-7-11(9)12/h2-4,6,8,13,15H,5,7H2,1H3. The topological polar surface area (TPSA) is 41.9 Å². The number of aromatic nitrogens is 2. The van der Waals surface area contributed by atoms with Crippen molar-refractivity contribution < 1.29 is 0 Å². The molecule has 3 rings (SSSR count). The monoisotopic (exact) mass is 214 g/mol. The molecule has 1 aliphatic heterocycles. The minimum Gasteiger partial charge on any atom is -0.353 e. The number of benzene rings is 1. The molecule has 82 valence electrons. The normalized spacial score (nSPS) is 13.8. The first-order chi connectivity index (χ1) is 7.83. The highest BCUT2D eigenvalue weighted by atomic mass is 15.3. The van der Waals surface area contributed by atoms with Gasteiger partial charge in [-0.2, -0.15) is 5.10 Å². The van der Waals surface area contributed by atoms with Gasteiger partial charge in [0.2, 0.25) is 0 Å². The summed E-state index contributed by atoms with van der Waals surface area (Å²) in [4.78, 5) is 0. The van der Waals surface area contributed by atoms with E-state index in [0.29, 0.717) is 0 Å². The quantitative estimate of drug-likeness (QED) is 0.800. The molecule has 0 amide bonds. The molecular weight excluding hydrogens is 200 g/mol. The Hall–Kier alpha value is -1.81. The molecule has 0 spiro atoms. The predicted octanol–water partition coefficient (Wildman–Crippen LogP) is 1.77. The van der Waals surface area contributed by atoms with Gasteiger partial charge in [-0.05, 0) is 17.2 Å². The minimum absolute atomic E-state index is 0.943. The Morgan fingerprint density at radius 2 is 2.31 bits per heavy atom. The average Bonchev–Trinajstić information content (AvgIpc) is 2.87. The number of nitrogens with zero attached hydrogens (tertiary/aromatic N) is 2. The second-order valence-corrected chi connectivity index (χ2v) is 4.07. The summed E-state index contributed by atoms with van der Waals surface area (Å²) in [6.07, 6.45) is 3.81. The fourth-order valence-electron chi connectivity index (χ4n) is 2.09. The van der Waals surface area contributed by atoms with Crippen molar-refractivity contribution in [1.82, 2.24) is 15.1 Å². The van der Waals surface area contributed by atoms with E-state index in [0.717, 1.165) is 18.8 Å². The van der Waals surface area contributed by atoms with E-state index in [4.69, 9.17) is 0 Å². The first-order valence-corrected chi connectivity index (χ1v) is 5.40. The van der Waals surface area contributed by atoms with Crippen molar-refractivity contribution in [3.05, 3.63) is 41.7 Å². The molecule has 0 fully saturated rings. The number of fused-ring (bicyclic) bond motifs is 1. The summed E-state index contributed by atoms with van der Waals surface area (Å²) in [7, 11) is 1.92. The van der Waals surface area contributed by atoms with E-state index in [1.807, 2.05) is 19.4 Å². The zero-order chi connectivity index (χ0) is 11.0. The van der Waals surface area contributed by atoms with Crippen molar-refractivity contribution in [2.45, 2.75) is 13.1 Å². The van der Waals surface area contributed by atoms with Gasteiger partial charge in [-0.25, -0.2) is 0 Å². The summed E-state index contributed by atoms with van der Waals surface area (Å²) in [6, 6.07) is 6.37. The third-order valence-electron chi connectivity index (χ3n) is 2.87. The fourth-order valence-corrected chi connectivity index (χ4v) is 2.09. The molecule has 2 aromatic rings. The van der Waals surface area contributed by atoms with E-state index >= 15 is 0 Å². The maximum atomic E-state index is 4.14. The SMILES string of the molecule is Cn1cc(Nc2cccc3c2CNC3)cn1. The second kappa shape index (κ2) is 3.64. The van der Waals surface area contributed by atoms with Crippen LogP contribution in [-0.4, -0.2) is 9.78 Å². The Morgan fingerprint density at radius 3 is 3.12 bits per heavy atom. The molecule has 0 saturated carbocycles. The lowest BCUT2D eigenvalue weighted by molar-refractivity contribution is 0.765. The smallest absolute Gasteiger partial charge is 0.0770 e. The minimum atomic E-state index is 0.943. The van der Waals surface area contributed by atoms with Gasteiger partial charge >= 0.3 is 0 Å². The Balaban J connectivity index is 1.93. The van der Waals surface area contributed by atoms with Gasteiger partial charge in [0.15, 0.2) is 0 Å². The molecule has 0 unspecified atom stereocenters. The first-order valence-electron chi connectivity index (χ1n) is 5.40. The van der Waals surface area contributed by atoms with Gasteiger partial charge in [0, 0.05) is 32.0 Å². The lowest BCUT2D eigenvalue weighted by Gasteiger charge is -2.08. The molecule has 0 atom stereocenters. The number of rotatable bonds is 2. The van der Waals surface area contributed by atoms with E-state index in [9.17, 15) is 0 Å². The van der Waals surface area contributed by atoms with E-state index in [1.54, 1.807) is 4.68 Å². The van der Waals surface area contributed by atoms with Gasteiger partial charge in [-0.15, -0.1) is 0 Å². The Labute approximate surface area is 94.3 Å². The Kier molecular flexibility index (Phi) is 2.15. The van der Waals surface area contributed by atoms with Crippen LogP contribution in [-0.2, 0) is 20.1 Å². The molecule has 0 radical (unpaired) electrons. The molecule has 4 nitrogen and oxygen atoms in total. The van der Waals surface area contributed by atoms with Crippen LogP contribution < -0.4 is 10.6 Å². The Morgan fingerprint density at radius 1 is 1.38 bits per heavy atom.